The summed E-state index contributed by atoms with van der Waals surface area (Å²) in [6.45, 7) is 10.2. The summed E-state index contributed by atoms with van der Waals surface area (Å²) in [4.78, 5) is 25.4. The van der Waals surface area contributed by atoms with E-state index in [0.29, 0.717) is 5.92 Å². The highest BCUT2D eigenvalue weighted by Gasteiger charge is 2.52. The Labute approximate surface area is 190 Å². The van der Waals surface area contributed by atoms with Gasteiger partial charge in [0.25, 0.3) is 0 Å². The monoisotopic (exact) mass is 476 g/mol. The number of aliphatic carboxylic acids is 1. The SMILES string of the molecule is Cc1noc(C)c1CN1CC2(C1)OCCC2CCNC(=O)N1CCCC1.O=C(O)C(F)(F)F. The molecule has 1 aromatic heterocycles. The zero-order valence-corrected chi connectivity index (χ0v) is 18.9. The van der Waals surface area contributed by atoms with Crippen molar-refractivity contribution in [2.45, 2.75) is 57.9 Å². The first kappa shape index (κ1) is 25.3. The topological polar surface area (TPSA) is 108 Å². The maximum absolute atomic E-state index is 12.1. The van der Waals surface area contributed by atoms with E-state index in [4.69, 9.17) is 19.2 Å². The predicted molar refractivity (Wildman–Crippen MR) is 111 cm³/mol. The first-order valence-electron chi connectivity index (χ1n) is 11.1. The first-order chi connectivity index (χ1) is 15.5. The number of halogens is 3. The Morgan fingerprint density at radius 1 is 1.24 bits per heavy atom. The molecular formula is C21H31F3N4O5. The van der Waals surface area contributed by atoms with Crippen LogP contribution in [0, 0.1) is 19.8 Å². The Balaban J connectivity index is 0.000000383. The Kier molecular flexibility index (Phi) is 7.88. The van der Waals surface area contributed by atoms with E-state index in [1.165, 1.54) is 5.56 Å². The van der Waals surface area contributed by atoms with E-state index < -0.39 is 12.1 Å². The molecule has 3 fully saturated rings. The van der Waals surface area contributed by atoms with E-state index in [-0.39, 0.29) is 11.6 Å². The molecule has 0 bridgehead atoms. The number of ether oxygens (including phenoxy) is 1. The molecule has 4 heterocycles. The maximum Gasteiger partial charge on any atom is 0.490 e. The molecule has 33 heavy (non-hydrogen) atoms. The van der Waals surface area contributed by atoms with E-state index in [1.54, 1.807) is 0 Å². The lowest BCUT2D eigenvalue weighted by Gasteiger charge is -2.50. The second-order valence-corrected chi connectivity index (χ2v) is 8.86. The molecule has 186 valence electrons. The molecule has 1 aromatic rings. The molecule has 0 saturated carbocycles. The minimum absolute atomic E-state index is 0.0165. The number of hydrogen-bond acceptors (Lipinski definition) is 6. The van der Waals surface area contributed by atoms with E-state index in [2.05, 4.69) is 15.4 Å². The number of carboxylic acid groups (broad SMARTS) is 1. The highest BCUT2D eigenvalue weighted by atomic mass is 19.4. The molecule has 0 aromatic carbocycles. The standard InChI is InChI=1S/C19H30N4O3.C2HF3O2/c1-14-17(15(2)26-21-14)11-22-12-19(13-22)16(6-10-25-19)5-7-20-18(24)23-8-3-4-9-23;3-2(4,5)1(6)7/h16H,3-13H2,1-2H3,(H,20,24);(H,6,7). The molecule has 1 unspecified atom stereocenters. The zero-order valence-electron chi connectivity index (χ0n) is 18.9. The maximum atomic E-state index is 12.1. The van der Waals surface area contributed by atoms with Crippen molar-refractivity contribution in [2.75, 3.05) is 39.3 Å². The lowest BCUT2D eigenvalue weighted by Crippen LogP contribution is -2.64. The lowest BCUT2D eigenvalue weighted by molar-refractivity contribution is -0.192. The van der Waals surface area contributed by atoms with Crippen LogP contribution in [0.15, 0.2) is 4.52 Å². The number of aromatic nitrogens is 1. The van der Waals surface area contributed by atoms with E-state index >= 15 is 0 Å². The van der Waals surface area contributed by atoms with Gasteiger partial charge in [0.1, 0.15) is 5.76 Å². The highest BCUT2D eigenvalue weighted by molar-refractivity contribution is 5.74. The van der Waals surface area contributed by atoms with Crippen molar-refractivity contribution in [2.24, 2.45) is 5.92 Å². The molecule has 2 amide bonds. The van der Waals surface area contributed by atoms with E-state index in [1.807, 2.05) is 18.7 Å². The molecular weight excluding hydrogens is 445 g/mol. The summed E-state index contributed by atoms with van der Waals surface area (Å²) < 4.78 is 43.2. The zero-order chi connectivity index (χ0) is 24.2. The van der Waals surface area contributed by atoms with Gasteiger partial charge in [-0.15, -0.1) is 0 Å². The quantitative estimate of drug-likeness (QED) is 0.673. The second kappa shape index (κ2) is 10.3. The summed E-state index contributed by atoms with van der Waals surface area (Å²) in [5.74, 6) is -1.31. The third-order valence-corrected chi connectivity index (χ3v) is 6.55. The number of likely N-dealkylation sites (tertiary alicyclic amines) is 2. The minimum Gasteiger partial charge on any atom is -0.475 e. The number of carbonyl (C=O) groups excluding carboxylic acids is 1. The molecule has 3 aliphatic rings. The normalized spacial score (nSPS) is 22.1. The molecule has 0 aliphatic carbocycles. The summed E-state index contributed by atoms with van der Waals surface area (Å²) in [6, 6.07) is 0.101. The number of nitrogens with one attached hydrogen (secondary N) is 1. The van der Waals surface area contributed by atoms with Crippen molar-refractivity contribution in [3.8, 4) is 0 Å². The van der Waals surface area contributed by atoms with Gasteiger partial charge in [0.05, 0.1) is 11.3 Å². The molecule has 0 radical (unpaired) electrons. The van der Waals surface area contributed by atoms with Crippen LogP contribution in [0.3, 0.4) is 0 Å². The van der Waals surface area contributed by atoms with E-state index in [9.17, 15) is 18.0 Å². The average molecular weight is 476 g/mol. The van der Waals surface area contributed by atoms with Crippen molar-refractivity contribution in [1.29, 1.82) is 0 Å². The van der Waals surface area contributed by atoms with Crippen molar-refractivity contribution in [3.63, 3.8) is 0 Å². The number of amides is 2. The Morgan fingerprint density at radius 2 is 1.88 bits per heavy atom. The van der Waals surface area contributed by atoms with Crippen LogP contribution < -0.4 is 5.32 Å². The molecule has 9 nitrogen and oxygen atoms in total. The number of urea groups is 1. The molecule has 2 N–H and O–H groups in total. The summed E-state index contributed by atoms with van der Waals surface area (Å²) in [5, 5.41) is 14.3. The van der Waals surface area contributed by atoms with Gasteiger partial charge >= 0.3 is 18.2 Å². The smallest absolute Gasteiger partial charge is 0.475 e. The van der Waals surface area contributed by atoms with Gasteiger partial charge in [0.2, 0.25) is 0 Å². The van der Waals surface area contributed by atoms with Crippen molar-refractivity contribution >= 4 is 12.0 Å². The van der Waals surface area contributed by atoms with Crippen LogP contribution in [0.2, 0.25) is 0 Å². The molecule has 3 aliphatic heterocycles. The first-order valence-corrected chi connectivity index (χ1v) is 11.1. The third kappa shape index (κ3) is 6.17. The van der Waals surface area contributed by atoms with Gasteiger partial charge in [0.15, 0.2) is 0 Å². The number of carbonyl (C=O) groups is 2. The summed E-state index contributed by atoms with van der Waals surface area (Å²) in [5.41, 5.74) is 2.17. The second-order valence-electron chi connectivity index (χ2n) is 8.86. The molecule has 1 atom stereocenters. The Hall–Kier alpha value is -2.34. The summed E-state index contributed by atoms with van der Waals surface area (Å²) in [6.07, 6.45) is -0.723. The summed E-state index contributed by atoms with van der Waals surface area (Å²) in [7, 11) is 0. The number of hydrogen-bond donors (Lipinski definition) is 2. The van der Waals surface area contributed by atoms with Crippen LogP contribution in [-0.4, -0.2) is 83.2 Å². The number of alkyl halides is 3. The average Bonchev–Trinajstić information content (AvgIpc) is 3.45. The Morgan fingerprint density at radius 3 is 2.42 bits per heavy atom. The third-order valence-electron chi connectivity index (χ3n) is 6.55. The van der Waals surface area contributed by atoms with Crippen molar-refractivity contribution in [3.05, 3.63) is 17.0 Å². The van der Waals surface area contributed by atoms with Crippen LogP contribution >= 0.6 is 0 Å². The van der Waals surface area contributed by atoms with E-state index in [0.717, 1.165) is 83.0 Å². The van der Waals surface area contributed by atoms with Gasteiger partial charge in [-0.3, -0.25) is 4.90 Å². The molecule has 3 saturated heterocycles. The minimum atomic E-state index is -5.08. The van der Waals surface area contributed by atoms with Crippen LogP contribution in [0.25, 0.3) is 0 Å². The fourth-order valence-corrected chi connectivity index (χ4v) is 4.70. The molecule has 4 rings (SSSR count). The number of rotatable bonds is 5. The van der Waals surface area contributed by atoms with Crippen molar-refractivity contribution < 1.29 is 37.1 Å². The van der Waals surface area contributed by atoms with Gasteiger partial charge < -0.3 is 24.6 Å². The van der Waals surface area contributed by atoms with Crippen LogP contribution in [0.5, 0.6) is 0 Å². The van der Waals surface area contributed by atoms with Gasteiger partial charge in [0, 0.05) is 51.4 Å². The van der Waals surface area contributed by atoms with Gasteiger partial charge in [-0.2, -0.15) is 13.2 Å². The van der Waals surface area contributed by atoms with Crippen molar-refractivity contribution in [1.82, 2.24) is 20.3 Å². The predicted octanol–water partition coefficient (Wildman–Crippen LogP) is 2.71. The van der Waals surface area contributed by atoms with Gasteiger partial charge in [-0.1, -0.05) is 5.16 Å². The number of nitrogens with zero attached hydrogens (tertiary/aromatic N) is 3. The summed E-state index contributed by atoms with van der Waals surface area (Å²) >= 11 is 0. The van der Waals surface area contributed by atoms with Gasteiger partial charge in [-0.05, 0) is 45.4 Å². The van der Waals surface area contributed by atoms with Crippen LogP contribution in [0.1, 0.15) is 42.7 Å². The Bertz CT molecular complexity index is 813. The largest absolute Gasteiger partial charge is 0.490 e. The number of aryl methyl sites for hydroxylation is 2. The number of carboxylic acids is 1. The molecule has 1 spiro atoms. The fraction of sp³-hybridized carbons (Fsp3) is 0.762. The van der Waals surface area contributed by atoms with Crippen LogP contribution in [0.4, 0.5) is 18.0 Å². The fourth-order valence-electron chi connectivity index (χ4n) is 4.70. The van der Waals surface area contributed by atoms with Crippen LogP contribution in [-0.2, 0) is 16.1 Å². The lowest BCUT2D eigenvalue weighted by atomic mass is 9.78. The van der Waals surface area contributed by atoms with Gasteiger partial charge in [-0.25, -0.2) is 9.59 Å². The highest BCUT2D eigenvalue weighted by Crippen LogP contribution is 2.42. The molecule has 12 heteroatoms.